The number of benzene rings is 1. The monoisotopic (exact) mass is 288 g/mol. The second-order valence-electron chi connectivity index (χ2n) is 5.57. The molecular weight excluding hydrogens is 272 g/mol. The van der Waals surface area contributed by atoms with Crippen LogP contribution in [0.5, 0.6) is 0 Å². The van der Waals surface area contributed by atoms with E-state index in [0.29, 0.717) is 0 Å². The van der Waals surface area contributed by atoms with E-state index in [9.17, 15) is 17.6 Å². The molecule has 20 heavy (non-hydrogen) atoms. The van der Waals surface area contributed by atoms with Gasteiger partial charge in [-0.1, -0.05) is 0 Å². The molecule has 0 amide bonds. The van der Waals surface area contributed by atoms with E-state index in [0.717, 1.165) is 25.7 Å². The van der Waals surface area contributed by atoms with Gasteiger partial charge in [-0.3, -0.25) is 0 Å². The molecule has 2 unspecified atom stereocenters. The molecule has 2 aliphatic rings. The highest BCUT2D eigenvalue weighted by Gasteiger charge is 2.43. The summed E-state index contributed by atoms with van der Waals surface area (Å²) in [7, 11) is 1.85. The van der Waals surface area contributed by atoms with Crippen LogP contribution in [0.1, 0.15) is 25.7 Å². The lowest BCUT2D eigenvalue weighted by Gasteiger charge is -2.40. The molecule has 3 rings (SSSR count). The summed E-state index contributed by atoms with van der Waals surface area (Å²) in [6.45, 7) is 0. The maximum atomic E-state index is 13.9. The van der Waals surface area contributed by atoms with Crippen LogP contribution in [0.25, 0.3) is 0 Å². The normalized spacial score (nSPS) is 29.1. The highest BCUT2D eigenvalue weighted by Crippen LogP contribution is 2.42. The number of nitrogens with zero attached hydrogens (tertiary/aromatic N) is 1. The van der Waals surface area contributed by atoms with Crippen molar-refractivity contribution in [3.63, 3.8) is 0 Å². The van der Waals surface area contributed by atoms with E-state index in [2.05, 4.69) is 5.32 Å². The van der Waals surface area contributed by atoms with E-state index in [-0.39, 0.29) is 24.2 Å². The Morgan fingerprint density at radius 1 is 1.00 bits per heavy atom. The third-order valence-electron chi connectivity index (χ3n) is 4.49. The van der Waals surface area contributed by atoms with Crippen LogP contribution in [0.2, 0.25) is 0 Å². The fourth-order valence-corrected chi connectivity index (χ4v) is 3.57. The van der Waals surface area contributed by atoms with Gasteiger partial charge in [-0.05, 0) is 32.7 Å². The van der Waals surface area contributed by atoms with Gasteiger partial charge in [0.2, 0.25) is 0 Å². The fourth-order valence-electron chi connectivity index (χ4n) is 3.57. The topological polar surface area (TPSA) is 15.3 Å². The van der Waals surface area contributed by atoms with Crippen LogP contribution >= 0.6 is 0 Å². The molecule has 2 saturated heterocycles. The Balaban J connectivity index is 2.03. The van der Waals surface area contributed by atoms with Crippen molar-refractivity contribution >= 4 is 5.69 Å². The number of hydrogen-bond donors (Lipinski definition) is 1. The van der Waals surface area contributed by atoms with E-state index < -0.39 is 29.0 Å². The Kier molecular flexibility index (Phi) is 3.36. The van der Waals surface area contributed by atoms with E-state index in [1.54, 1.807) is 4.90 Å². The van der Waals surface area contributed by atoms with Crippen LogP contribution in [0.3, 0.4) is 0 Å². The minimum absolute atomic E-state index is 0.0728. The van der Waals surface area contributed by atoms with Gasteiger partial charge in [0.1, 0.15) is 5.69 Å². The Morgan fingerprint density at radius 3 is 1.95 bits per heavy atom. The van der Waals surface area contributed by atoms with Crippen LogP contribution < -0.4 is 10.2 Å². The van der Waals surface area contributed by atoms with Crippen molar-refractivity contribution in [2.75, 3.05) is 11.9 Å². The molecule has 110 valence electrons. The van der Waals surface area contributed by atoms with Crippen molar-refractivity contribution in [2.24, 2.45) is 0 Å². The second-order valence-corrected chi connectivity index (χ2v) is 5.57. The number of rotatable bonds is 2. The molecule has 0 spiro atoms. The molecule has 2 aliphatic heterocycles. The number of halogens is 4. The predicted molar refractivity (Wildman–Crippen MR) is 67.6 cm³/mol. The van der Waals surface area contributed by atoms with E-state index in [1.807, 2.05) is 7.05 Å². The number of piperidine rings is 1. The summed E-state index contributed by atoms with van der Waals surface area (Å²) >= 11 is 0. The van der Waals surface area contributed by atoms with Gasteiger partial charge >= 0.3 is 0 Å². The van der Waals surface area contributed by atoms with Gasteiger partial charge in [0.15, 0.2) is 23.3 Å². The maximum Gasteiger partial charge on any atom is 0.185 e. The SMILES string of the molecule is CNC1CC2CCC(C1)N2c1c(F)c(F)cc(F)c1F. The third kappa shape index (κ3) is 1.97. The summed E-state index contributed by atoms with van der Waals surface area (Å²) in [6.07, 6.45) is 3.04. The first-order chi connectivity index (χ1) is 9.52. The number of hydrogen-bond acceptors (Lipinski definition) is 2. The van der Waals surface area contributed by atoms with Crippen LogP contribution in [0.4, 0.5) is 23.2 Å². The largest absolute Gasteiger partial charge is 0.361 e. The zero-order chi connectivity index (χ0) is 14.4. The average molecular weight is 288 g/mol. The highest BCUT2D eigenvalue weighted by molar-refractivity contribution is 5.53. The zero-order valence-electron chi connectivity index (χ0n) is 11.1. The van der Waals surface area contributed by atoms with Crippen LogP contribution in [-0.4, -0.2) is 25.2 Å². The third-order valence-corrected chi connectivity index (χ3v) is 4.49. The molecule has 0 aliphatic carbocycles. The van der Waals surface area contributed by atoms with Crippen LogP contribution in [-0.2, 0) is 0 Å². The second kappa shape index (κ2) is 4.91. The van der Waals surface area contributed by atoms with Crippen molar-refractivity contribution in [3.05, 3.63) is 29.3 Å². The Bertz CT molecular complexity index is 494. The van der Waals surface area contributed by atoms with Gasteiger partial charge in [0, 0.05) is 24.2 Å². The Morgan fingerprint density at radius 2 is 1.50 bits per heavy atom. The summed E-state index contributed by atoms with van der Waals surface area (Å²) in [5.41, 5.74) is -0.537. The summed E-state index contributed by atoms with van der Waals surface area (Å²) < 4.78 is 54.6. The lowest BCUT2D eigenvalue weighted by Crippen LogP contribution is -2.49. The van der Waals surface area contributed by atoms with Gasteiger partial charge in [-0.25, -0.2) is 17.6 Å². The maximum absolute atomic E-state index is 13.9. The quantitative estimate of drug-likeness (QED) is 0.665. The molecule has 2 bridgehead atoms. The van der Waals surface area contributed by atoms with Crippen LogP contribution in [0, 0.1) is 23.3 Å². The number of anilines is 1. The molecule has 1 N–H and O–H groups in total. The minimum Gasteiger partial charge on any atom is -0.361 e. The number of nitrogens with one attached hydrogen (secondary N) is 1. The lowest BCUT2D eigenvalue weighted by atomic mass is 9.96. The van der Waals surface area contributed by atoms with Gasteiger partial charge in [-0.15, -0.1) is 0 Å². The zero-order valence-corrected chi connectivity index (χ0v) is 11.1. The van der Waals surface area contributed by atoms with E-state index in [4.69, 9.17) is 0 Å². The van der Waals surface area contributed by atoms with Crippen LogP contribution in [0.15, 0.2) is 6.07 Å². The fraction of sp³-hybridized carbons (Fsp3) is 0.571. The van der Waals surface area contributed by atoms with Crippen molar-refractivity contribution in [3.8, 4) is 0 Å². The summed E-state index contributed by atoms with van der Waals surface area (Å²) in [4.78, 5) is 1.55. The summed E-state index contributed by atoms with van der Waals surface area (Å²) in [5, 5.41) is 3.17. The molecule has 2 nitrogen and oxygen atoms in total. The van der Waals surface area contributed by atoms with Crippen molar-refractivity contribution < 1.29 is 17.6 Å². The van der Waals surface area contributed by atoms with Crippen molar-refractivity contribution in [1.29, 1.82) is 0 Å². The first-order valence-electron chi connectivity index (χ1n) is 6.81. The summed E-state index contributed by atoms with van der Waals surface area (Å²) in [5.74, 6) is -5.25. The molecule has 6 heteroatoms. The average Bonchev–Trinajstić information content (AvgIpc) is 2.68. The minimum atomic E-state index is -1.34. The first kappa shape index (κ1) is 13.7. The molecular formula is C14H16F4N2. The number of fused-ring (bicyclic) bond motifs is 2. The van der Waals surface area contributed by atoms with Gasteiger partial charge in [-0.2, -0.15) is 0 Å². The highest BCUT2D eigenvalue weighted by atomic mass is 19.2. The van der Waals surface area contributed by atoms with Gasteiger partial charge < -0.3 is 10.2 Å². The smallest absolute Gasteiger partial charge is 0.185 e. The van der Waals surface area contributed by atoms with Gasteiger partial charge in [0.25, 0.3) is 0 Å². The molecule has 1 aromatic rings. The van der Waals surface area contributed by atoms with Crippen molar-refractivity contribution in [2.45, 2.75) is 43.8 Å². The van der Waals surface area contributed by atoms with E-state index >= 15 is 0 Å². The molecule has 0 radical (unpaired) electrons. The molecule has 2 heterocycles. The predicted octanol–water partition coefficient (Wildman–Crippen LogP) is 2.96. The van der Waals surface area contributed by atoms with E-state index in [1.165, 1.54) is 0 Å². The molecule has 1 aromatic carbocycles. The molecule has 2 fully saturated rings. The van der Waals surface area contributed by atoms with Gasteiger partial charge in [0.05, 0.1) is 0 Å². The van der Waals surface area contributed by atoms with Crippen molar-refractivity contribution in [1.82, 2.24) is 5.32 Å². The first-order valence-corrected chi connectivity index (χ1v) is 6.81. The molecule has 2 atom stereocenters. The lowest BCUT2D eigenvalue weighted by molar-refractivity contribution is 0.360. The molecule has 0 aromatic heterocycles. The molecule has 0 saturated carbocycles. The Labute approximate surface area is 114 Å². The Hall–Kier alpha value is -1.30. The summed E-state index contributed by atoms with van der Waals surface area (Å²) in [6, 6.07) is 0.400. The standard InChI is InChI=1S/C14H16F4N2/c1-19-7-4-8-2-3-9(5-7)20(8)14-12(17)10(15)6-11(16)13(14)18/h6-9,19H,2-5H2,1H3.